The number of hydrogen-bond donors (Lipinski definition) is 1. The molecule has 0 saturated carbocycles. The van der Waals surface area contributed by atoms with Crippen LogP contribution in [0.25, 0.3) is 0 Å². The molecule has 1 atom stereocenters. The van der Waals surface area contributed by atoms with Gasteiger partial charge in [0.2, 0.25) is 0 Å². The minimum atomic E-state index is -0.370. The number of esters is 1. The van der Waals surface area contributed by atoms with Crippen molar-refractivity contribution in [3.8, 4) is 0 Å². The van der Waals surface area contributed by atoms with Crippen molar-refractivity contribution in [1.29, 1.82) is 0 Å². The molecule has 0 aliphatic carbocycles. The van der Waals surface area contributed by atoms with Crippen LogP contribution in [-0.4, -0.2) is 38.4 Å². The maximum Gasteiger partial charge on any atom is 0.340 e. The van der Waals surface area contributed by atoms with Crippen LogP contribution < -0.4 is 10.6 Å². The predicted octanol–water partition coefficient (Wildman–Crippen LogP) is 2.45. The zero-order valence-corrected chi connectivity index (χ0v) is 12.8. The van der Waals surface area contributed by atoms with Crippen LogP contribution in [0.4, 0.5) is 11.4 Å². The Hall–Kier alpha value is -1.75. The smallest absolute Gasteiger partial charge is 0.340 e. The van der Waals surface area contributed by atoms with Crippen LogP contribution in [-0.2, 0) is 9.47 Å². The first-order valence-corrected chi connectivity index (χ1v) is 7.58. The molecule has 1 aromatic carbocycles. The topological polar surface area (TPSA) is 64.8 Å². The number of nitrogen functional groups attached to an aromatic ring is 1. The van der Waals surface area contributed by atoms with E-state index in [-0.39, 0.29) is 12.1 Å². The summed E-state index contributed by atoms with van der Waals surface area (Å²) in [4.78, 5) is 14.1. The molecule has 1 heterocycles. The molecule has 1 aromatic rings. The van der Waals surface area contributed by atoms with Crippen molar-refractivity contribution >= 4 is 17.3 Å². The Morgan fingerprint density at radius 3 is 2.90 bits per heavy atom. The van der Waals surface area contributed by atoms with Crippen molar-refractivity contribution in [1.82, 2.24) is 0 Å². The van der Waals surface area contributed by atoms with E-state index in [1.807, 2.05) is 12.1 Å². The van der Waals surface area contributed by atoms with Gasteiger partial charge < -0.3 is 20.1 Å². The summed E-state index contributed by atoms with van der Waals surface area (Å²) in [7, 11) is 0. The van der Waals surface area contributed by atoms with Gasteiger partial charge in [0, 0.05) is 31.1 Å². The molecular weight excluding hydrogens is 268 g/mol. The minimum Gasteiger partial charge on any atom is -0.462 e. The van der Waals surface area contributed by atoms with Gasteiger partial charge in [-0.3, -0.25) is 0 Å². The minimum absolute atomic E-state index is 0.272. The molecule has 0 amide bonds. The molecule has 116 valence electrons. The lowest BCUT2D eigenvalue weighted by Gasteiger charge is -2.26. The number of nitrogens with two attached hydrogens (primary N) is 1. The third-order valence-corrected chi connectivity index (χ3v) is 3.73. The Labute approximate surface area is 126 Å². The van der Waals surface area contributed by atoms with Crippen LogP contribution >= 0.6 is 0 Å². The van der Waals surface area contributed by atoms with Crippen LogP contribution in [0.2, 0.25) is 0 Å². The van der Waals surface area contributed by atoms with E-state index >= 15 is 0 Å². The lowest BCUT2D eigenvalue weighted by Crippen LogP contribution is -2.32. The van der Waals surface area contributed by atoms with Crippen LogP contribution in [0.1, 0.15) is 37.0 Å². The largest absolute Gasteiger partial charge is 0.462 e. The number of likely N-dealkylation sites (N-methyl/N-ethyl adjacent to an activating group) is 1. The second-order valence-corrected chi connectivity index (χ2v) is 5.17. The molecule has 1 aliphatic rings. The van der Waals surface area contributed by atoms with Crippen molar-refractivity contribution in [3.05, 3.63) is 23.8 Å². The van der Waals surface area contributed by atoms with Gasteiger partial charge in [0.1, 0.15) is 0 Å². The number of hydrogen-bond acceptors (Lipinski definition) is 5. The molecule has 1 unspecified atom stereocenters. The summed E-state index contributed by atoms with van der Waals surface area (Å²) in [6, 6.07) is 5.52. The third kappa shape index (κ3) is 3.88. The number of carbonyl (C=O) groups excluding carboxylic acids is 1. The Kier molecular flexibility index (Phi) is 5.44. The molecule has 2 N–H and O–H groups in total. The van der Waals surface area contributed by atoms with Gasteiger partial charge in [-0.15, -0.1) is 0 Å². The molecule has 0 radical (unpaired) electrons. The predicted molar refractivity (Wildman–Crippen MR) is 83.7 cm³/mol. The van der Waals surface area contributed by atoms with Crippen LogP contribution in [0.15, 0.2) is 18.2 Å². The third-order valence-electron chi connectivity index (χ3n) is 3.73. The first-order valence-electron chi connectivity index (χ1n) is 7.58. The number of benzene rings is 1. The molecule has 0 spiro atoms. The summed E-state index contributed by atoms with van der Waals surface area (Å²) in [5, 5.41) is 0. The van der Waals surface area contributed by atoms with Crippen molar-refractivity contribution in [2.45, 2.75) is 32.8 Å². The van der Waals surface area contributed by atoms with Gasteiger partial charge in [0.25, 0.3) is 0 Å². The maximum atomic E-state index is 11.9. The SMILES string of the molecule is CCOC(=O)c1cc(N(CC)CC2CCCO2)ccc1N. The highest BCUT2D eigenvalue weighted by Gasteiger charge is 2.20. The maximum absolute atomic E-state index is 11.9. The summed E-state index contributed by atoms with van der Waals surface area (Å²) >= 11 is 0. The second-order valence-electron chi connectivity index (χ2n) is 5.17. The van der Waals surface area contributed by atoms with Gasteiger partial charge in [0.05, 0.1) is 18.3 Å². The standard InChI is InChI=1S/C16H24N2O3/c1-3-18(11-13-6-5-9-21-13)12-7-8-15(17)14(10-12)16(19)20-4-2/h7-8,10,13H,3-6,9,11,17H2,1-2H3. The fourth-order valence-corrected chi connectivity index (χ4v) is 2.58. The summed E-state index contributed by atoms with van der Waals surface area (Å²) < 4.78 is 10.7. The Balaban J connectivity index is 2.16. The van der Waals surface area contributed by atoms with E-state index < -0.39 is 0 Å². The molecule has 21 heavy (non-hydrogen) atoms. The quantitative estimate of drug-likeness (QED) is 0.644. The van der Waals surface area contributed by atoms with Gasteiger partial charge in [-0.05, 0) is 44.9 Å². The van der Waals surface area contributed by atoms with E-state index in [0.29, 0.717) is 17.9 Å². The number of carbonyl (C=O) groups is 1. The van der Waals surface area contributed by atoms with Crippen molar-refractivity contribution in [3.63, 3.8) is 0 Å². The molecule has 0 bridgehead atoms. The second kappa shape index (κ2) is 7.31. The summed E-state index contributed by atoms with van der Waals surface area (Å²) in [5.74, 6) is -0.370. The van der Waals surface area contributed by atoms with E-state index in [9.17, 15) is 4.79 Å². The van der Waals surface area contributed by atoms with Gasteiger partial charge in [0.15, 0.2) is 0 Å². The van der Waals surface area contributed by atoms with Crippen molar-refractivity contribution in [2.75, 3.05) is 36.9 Å². The average molecular weight is 292 g/mol. The Bertz CT molecular complexity index is 484. The Morgan fingerprint density at radius 2 is 2.29 bits per heavy atom. The van der Waals surface area contributed by atoms with Crippen LogP contribution in [0.5, 0.6) is 0 Å². The first-order chi connectivity index (χ1) is 10.2. The fraction of sp³-hybridized carbons (Fsp3) is 0.562. The van der Waals surface area contributed by atoms with E-state index in [4.69, 9.17) is 15.2 Å². The Morgan fingerprint density at radius 1 is 1.48 bits per heavy atom. The molecule has 1 aliphatic heterocycles. The average Bonchev–Trinajstić information content (AvgIpc) is 2.98. The van der Waals surface area contributed by atoms with Crippen LogP contribution in [0, 0.1) is 0 Å². The fourth-order valence-electron chi connectivity index (χ4n) is 2.58. The number of nitrogens with zero attached hydrogens (tertiary/aromatic N) is 1. The number of rotatable bonds is 6. The van der Waals surface area contributed by atoms with Crippen molar-refractivity contribution in [2.24, 2.45) is 0 Å². The molecule has 1 fully saturated rings. The molecule has 5 nitrogen and oxygen atoms in total. The molecule has 1 saturated heterocycles. The number of anilines is 2. The monoisotopic (exact) mass is 292 g/mol. The summed E-state index contributed by atoms with van der Waals surface area (Å²) in [5.41, 5.74) is 7.74. The van der Waals surface area contributed by atoms with E-state index in [2.05, 4.69) is 11.8 Å². The van der Waals surface area contributed by atoms with E-state index in [1.165, 1.54) is 0 Å². The highest BCUT2D eigenvalue weighted by atomic mass is 16.5. The highest BCUT2D eigenvalue weighted by molar-refractivity contribution is 5.96. The molecular formula is C16H24N2O3. The van der Waals surface area contributed by atoms with Gasteiger partial charge in [-0.2, -0.15) is 0 Å². The molecule has 2 rings (SSSR count). The normalized spacial score (nSPS) is 17.7. The molecule has 0 aromatic heterocycles. The summed E-state index contributed by atoms with van der Waals surface area (Å²) in [6.45, 7) is 6.76. The zero-order chi connectivity index (χ0) is 15.2. The van der Waals surface area contributed by atoms with E-state index in [1.54, 1.807) is 13.0 Å². The first kappa shape index (κ1) is 15.6. The lowest BCUT2D eigenvalue weighted by atomic mass is 10.1. The molecule has 5 heteroatoms. The number of ether oxygens (including phenoxy) is 2. The van der Waals surface area contributed by atoms with Crippen LogP contribution in [0.3, 0.4) is 0 Å². The summed E-state index contributed by atoms with van der Waals surface area (Å²) in [6.07, 6.45) is 2.49. The van der Waals surface area contributed by atoms with Gasteiger partial charge in [-0.1, -0.05) is 0 Å². The highest BCUT2D eigenvalue weighted by Crippen LogP contribution is 2.24. The van der Waals surface area contributed by atoms with Gasteiger partial charge in [-0.25, -0.2) is 4.79 Å². The lowest BCUT2D eigenvalue weighted by molar-refractivity contribution is 0.0527. The zero-order valence-electron chi connectivity index (χ0n) is 12.8. The van der Waals surface area contributed by atoms with Gasteiger partial charge >= 0.3 is 5.97 Å². The van der Waals surface area contributed by atoms with E-state index in [0.717, 1.165) is 38.2 Å². The van der Waals surface area contributed by atoms with Crippen molar-refractivity contribution < 1.29 is 14.3 Å².